The van der Waals surface area contributed by atoms with Crippen LogP contribution in [0.1, 0.15) is 62.7 Å². The molecule has 0 bridgehead atoms. The highest BCUT2D eigenvalue weighted by Gasteiger charge is 2.50. The van der Waals surface area contributed by atoms with E-state index in [1.54, 1.807) is 7.11 Å². The Kier molecular flexibility index (Phi) is 7.88. The van der Waals surface area contributed by atoms with Crippen molar-refractivity contribution in [3.8, 4) is 11.8 Å². The van der Waals surface area contributed by atoms with Gasteiger partial charge in [0.15, 0.2) is 11.4 Å². The van der Waals surface area contributed by atoms with Crippen LogP contribution in [0.25, 0.3) is 0 Å². The lowest BCUT2D eigenvalue weighted by Gasteiger charge is -2.41. The van der Waals surface area contributed by atoms with Crippen molar-refractivity contribution < 1.29 is 14.3 Å². The third kappa shape index (κ3) is 5.10. The molecule has 0 aromatic heterocycles. The molecule has 2 aromatic rings. The highest BCUT2D eigenvalue weighted by molar-refractivity contribution is 5.93. The fourth-order valence-electron chi connectivity index (χ4n) is 6.56. The topological polar surface area (TPSA) is 38.8 Å². The van der Waals surface area contributed by atoms with Gasteiger partial charge in [-0.25, -0.2) is 0 Å². The third-order valence-corrected chi connectivity index (χ3v) is 8.52. The maximum Gasteiger partial charge on any atom is 0.156 e. The number of hydrogen-bond acceptors (Lipinski definition) is 4. The van der Waals surface area contributed by atoms with Gasteiger partial charge in [-0.1, -0.05) is 55.5 Å². The molecule has 1 saturated heterocycles. The molecule has 4 nitrogen and oxygen atoms in total. The second-order valence-electron chi connectivity index (χ2n) is 11.0. The van der Waals surface area contributed by atoms with E-state index >= 15 is 0 Å². The monoisotopic (exact) mass is 509 g/mol. The zero-order chi connectivity index (χ0) is 26.7. The van der Waals surface area contributed by atoms with Crippen molar-refractivity contribution in [1.29, 1.82) is 0 Å². The molecular weight excluding hydrogens is 470 g/mol. The van der Waals surface area contributed by atoms with Gasteiger partial charge in [0.2, 0.25) is 0 Å². The summed E-state index contributed by atoms with van der Waals surface area (Å²) in [5, 5.41) is 0. The van der Waals surface area contributed by atoms with E-state index in [1.165, 1.54) is 16.7 Å². The minimum atomic E-state index is -0.716. The van der Waals surface area contributed by atoms with E-state index in [4.69, 9.17) is 9.47 Å². The van der Waals surface area contributed by atoms with Gasteiger partial charge in [-0.3, -0.25) is 4.79 Å². The molecule has 1 heterocycles. The van der Waals surface area contributed by atoms with Gasteiger partial charge in [0.25, 0.3) is 0 Å². The number of ketones is 1. The Bertz CT molecular complexity index is 1280. The predicted octanol–water partition coefficient (Wildman–Crippen LogP) is 6.67. The third-order valence-electron chi connectivity index (χ3n) is 8.52. The molecule has 0 amide bonds. The summed E-state index contributed by atoms with van der Waals surface area (Å²) in [6, 6.07) is 18.9. The first kappa shape index (κ1) is 26.5. The standard InChI is InChI=1S/C34H39NO3/c1-5-9-31-30-18-14-26-22-28(36)17-19-29(26)32(30)33(25-12-15-27(16-13-25)35(2)3)38-23-34(31,37-4)21-20-24-10-7-6-8-11-24/h6-8,10-13,15-16,22,30-31,33H,5,9,14,17-19,23H2,1-4H3/t30?,31?,33-,34-/m1/s1. The van der Waals surface area contributed by atoms with E-state index in [2.05, 4.69) is 62.0 Å². The van der Waals surface area contributed by atoms with Crippen molar-refractivity contribution in [3.63, 3.8) is 0 Å². The van der Waals surface area contributed by atoms with E-state index in [-0.39, 0.29) is 23.7 Å². The van der Waals surface area contributed by atoms with Gasteiger partial charge in [0, 0.05) is 44.8 Å². The maximum absolute atomic E-state index is 12.4. The zero-order valence-electron chi connectivity index (χ0n) is 23.1. The van der Waals surface area contributed by atoms with Gasteiger partial charge in [0.05, 0.1) is 6.61 Å². The number of hydrogen-bond donors (Lipinski definition) is 0. The lowest BCUT2D eigenvalue weighted by Crippen LogP contribution is -2.45. The number of fused-ring (bicyclic) bond motifs is 2. The highest BCUT2D eigenvalue weighted by Crippen LogP contribution is 2.53. The number of rotatable bonds is 5. The van der Waals surface area contributed by atoms with E-state index in [9.17, 15) is 4.79 Å². The normalized spacial score (nSPS) is 26.9. The number of anilines is 1. The second-order valence-corrected chi connectivity index (χ2v) is 11.0. The summed E-state index contributed by atoms with van der Waals surface area (Å²) in [5.74, 6) is 7.73. The first-order valence-corrected chi connectivity index (χ1v) is 13.9. The summed E-state index contributed by atoms with van der Waals surface area (Å²) in [7, 11) is 5.91. The Morgan fingerprint density at radius 1 is 1.05 bits per heavy atom. The highest BCUT2D eigenvalue weighted by atomic mass is 16.5. The minimum absolute atomic E-state index is 0.182. The van der Waals surface area contributed by atoms with Crippen molar-refractivity contribution in [2.45, 2.75) is 57.2 Å². The quantitative estimate of drug-likeness (QED) is 0.422. The number of nitrogens with zero attached hydrogens (tertiary/aromatic N) is 1. The van der Waals surface area contributed by atoms with E-state index in [1.807, 2.05) is 36.4 Å². The lowest BCUT2D eigenvalue weighted by atomic mass is 9.64. The summed E-state index contributed by atoms with van der Waals surface area (Å²) in [5.41, 5.74) is 6.48. The molecule has 4 atom stereocenters. The summed E-state index contributed by atoms with van der Waals surface area (Å²) < 4.78 is 13.3. The van der Waals surface area contributed by atoms with Crippen LogP contribution in [0.4, 0.5) is 5.69 Å². The Morgan fingerprint density at radius 2 is 1.82 bits per heavy atom. The van der Waals surface area contributed by atoms with Crippen LogP contribution in [-0.2, 0) is 14.3 Å². The number of benzene rings is 2. The van der Waals surface area contributed by atoms with Gasteiger partial charge in [0.1, 0.15) is 6.10 Å². The van der Waals surface area contributed by atoms with Crippen LogP contribution in [0.5, 0.6) is 0 Å². The lowest BCUT2D eigenvalue weighted by molar-refractivity contribution is -0.114. The van der Waals surface area contributed by atoms with Crippen LogP contribution < -0.4 is 4.90 Å². The summed E-state index contributed by atoms with van der Waals surface area (Å²) in [6.07, 6.45) is 7.04. The molecule has 2 unspecified atom stereocenters. The smallest absolute Gasteiger partial charge is 0.156 e. The van der Waals surface area contributed by atoms with Gasteiger partial charge in [-0.2, -0.15) is 0 Å². The number of carbonyl (C=O) groups is 1. The molecule has 3 aliphatic rings. The van der Waals surface area contributed by atoms with Crippen LogP contribution in [0.15, 0.2) is 77.4 Å². The molecule has 0 spiro atoms. The molecule has 38 heavy (non-hydrogen) atoms. The van der Waals surface area contributed by atoms with Gasteiger partial charge in [-0.05, 0) is 84.2 Å². The van der Waals surface area contributed by atoms with E-state index in [0.717, 1.165) is 48.9 Å². The number of carbonyl (C=O) groups excluding carboxylic acids is 1. The van der Waals surface area contributed by atoms with Crippen molar-refractivity contribution in [3.05, 3.63) is 88.5 Å². The fraction of sp³-hybridized carbons (Fsp3) is 0.441. The average Bonchev–Trinajstić information content (AvgIpc) is 3.08. The Balaban J connectivity index is 1.66. The summed E-state index contributed by atoms with van der Waals surface area (Å²) in [6.45, 7) is 2.65. The van der Waals surface area contributed by atoms with Crippen LogP contribution in [0.2, 0.25) is 0 Å². The molecular formula is C34H39NO3. The predicted molar refractivity (Wildman–Crippen MR) is 153 cm³/mol. The summed E-state index contributed by atoms with van der Waals surface area (Å²) in [4.78, 5) is 14.5. The molecule has 5 rings (SSSR count). The average molecular weight is 510 g/mol. The second kappa shape index (κ2) is 11.3. The molecule has 198 valence electrons. The minimum Gasteiger partial charge on any atom is -0.378 e. The van der Waals surface area contributed by atoms with Crippen LogP contribution in [0, 0.1) is 23.7 Å². The molecule has 4 heteroatoms. The first-order valence-electron chi connectivity index (χ1n) is 13.9. The largest absolute Gasteiger partial charge is 0.378 e. The van der Waals surface area contributed by atoms with Gasteiger partial charge >= 0.3 is 0 Å². The molecule has 1 fully saturated rings. The van der Waals surface area contributed by atoms with Gasteiger partial charge in [-0.15, -0.1) is 0 Å². The van der Waals surface area contributed by atoms with Crippen molar-refractivity contribution in [2.24, 2.45) is 11.8 Å². The number of methoxy groups -OCH3 is 1. The van der Waals surface area contributed by atoms with Crippen LogP contribution in [0.3, 0.4) is 0 Å². The SMILES string of the molecule is CCCC1C2CCC3=CC(=O)CCC3=C2[C@@H](c2ccc(N(C)C)cc2)OC[C@@]1(C#Cc1ccccc1)OC. The molecule has 0 saturated carbocycles. The molecule has 1 aliphatic heterocycles. The van der Waals surface area contributed by atoms with E-state index in [0.29, 0.717) is 13.0 Å². The first-order chi connectivity index (χ1) is 18.5. The maximum atomic E-state index is 12.4. The molecule has 2 aromatic carbocycles. The van der Waals surface area contributed by atoms with Gasteiger partial charge < -0.3 is 14.4 Å². The molecule has 2 aliphatic carbocycles. The molecule has 0 N–H and O–H groups in total. The zero-order valence-corrected chi connectivity index (χ0v) is 23.1. The Morgan fingerprint density at radius 3 is 2.50 bits per heavy atom. The molecule has 0 radical (unpaired) electrons. The van der Waals surface area contributed by atoms with Crippen molar-refractivity contribution in [2.75, 3.05) is 32.7 Å². The number of allylic oxidation sites excluding steroid dienone is 3. The van der Waals surface area contributed by atoms with Crippen LogP contribution >= 0.6 is 0 Å². The Hall–Kier alpha value is -3.13. The number of ether oxygens (including phenoxy) is 2. The van der Waals surface area contributed by atoms with Crippen molar-refractivity contribution in [1.82, 2.24) is 0 Å². The van der Waals surface area contributed by atoms with Crippen LogP contribution in [-0.4, -0.2) is 39.2 Å². The fourth-order valence-corrected chi connectivity index (χ4v) is 6.56. The summed E-state index contributed by atoms with van der Waals surface area (Å²) >= 11 is 0. The van der Waals surface area contributed by atoms with Crippen molar-refractivity contribution >= 4 is 11.5 Å². The van der Waals surface area contributed by atoms with E-state index < -0.39 is 5.60 Å². The Labute approximate surface area is 227 Å².